The Balaban J connectivity index is 1.99. The van der Waals surface area contributed by atoms with E-state index in [1.165, 1.54) is 0 Å². The molecule has 6 nitrogen and oxygen atoms in total. The van der Waals surface area contributed by atoms with Crippen LogP contribution in [0.5, 0.6) is 5.75 Å². The van der Waals surface area contributed by atoms with E-state index in [0.717, 1.165) is 17.3 Å². The van der Waals surface area contributed by atoms with E-state index in [9.17, 15) is 9.90 Å². The second kappa shape index (κ2) is 7.92. The first kappa shape index (κ1) is 18.6. The van der Waals surface area contributed by atoms with Gasteiger partial charge in [-0.15, -0.1) is 11.8 Å². The summed E-state index contributed by atoms with van der Waals surface area (Å²) >= 11 is 1.73. The van der Waals surface area contributed by atoms with E-state index in [2.05, 4.69) is 24.1 Å². The number of carbonyl (C=O) groups is 1. The topological polar surface area (TPSA) is 100 Å². The number of hydrogen-bond acceptors (Lipinski definition) is 5. The monoisotopic (exact) mass is 351 g/mol. The van der Waals surface area contributed by atoms with Crippen molar-refractivity contribution in [2.75, 3.05) is 19.4 Å². The standard InChI is InChI=1S/C17H25N3O3S/c1-4-17(2,24-3)19-9-11(21)10-23-15-7-5-6-13-12(15)8-14(20-13)16(18)22/h5-8,11,19-21H,4,9-10H2,1-3H3,(H2,18,22). The van der Waals surface area contributed by atoms with Crippen LogP contribution in [0.2, 0.25) is 0 Å². The lowest BCUT2D eigenvalue weighted by Crippen LogP contribution is -2.44. The summed E-state index contributed by atoms with van der Waals surface area (Å²) in [5.41, 5.74) is 6.40. The number of aromatic nitrogens is 1. The Morgan fingerprint density at radius 1 is 1.54 bits per heavy atom. The second-order valence-electron chi connectivity index (χ2n) is 5.90. The number of aromatic amines is 1. The summed E-state index contributed by atoms with van der Waals surface area (Å²) in [7, 11) is 0. The summed E-state index contributed by atoms with van der Waals surface area (Å²) in [6.45, 7) is 4.82. The molecule has 24 heavy (non-hydrogen) atoms. The van der Waals surface area contributed by atoms with Gasteiger partial charge in [0.25, 0.3) is 5.91 Å². The number of aliphatic hydroxyl groups excluding tert-OH is 1. The number of ether oxygens (including phenoxy) is 1. The summed E-state index contributed by atoms with van der Waals surface area (Å²) in [6.07, 6.45) is 2.37. The van der Waals surface area contributed by atoms with Gasteiger partial charge in [0.05, 0.1) is 4.87 Å². The Labute approximate surface area is 146 Å². The summed E-state index contributed by atoms with van der Waals surface area (Å²) < 4.78 is 5.74. The van der Waals surface area contributed by atoms with Crippen molar-refractivity contribution in [1.82, 2.24) is 10.3 Å². The summed E-state index contributed by atoms with van der Waals surface area (Å²) in [4.78, 5) is 14.2. The van der Waals surface area contributed by atoms with Gasteiger partial charge >= 0.3 is 0 Å². The summed E-state index contributed by atoms with van der Waals surface area (Å²) in [6, 6.07) is 7.14. The van der Waals surface area contributed by atoms with E-state index in [4.69, 9.17) is 10.5 Å². The molecule has 2 unspecified atom stereocenters. The van der Waals surface area contributed by atoms with Gasteiger partial charge in [-0.1, -0.05) is 13.0 Å². The Morgan fingerprint density at radius 2 is 2.29 bits per heavy atom. The number of fused-ring (bicyclic) bond motifs is 1. The van der Waals surface area contributed by atoms with Crippen molar-refractivity contribution in [2.24, 2.45) is 5.73 Å². The second-order valence-corrected chi connectivity index (χ2v) is 7.21. The number of aliphatic hydroxyl groups is 1. The summed E-state index contributed by atoms with van der Waals surface area (Å²) in [5, 5.41) is 14.3. The largest absolute Gasteiger partial charge is 0.490 e. The number of thioether (sulfide) groups is 1. The molecule has 0 fully saturated rings. The maximum absolute atomic E-state index is 11.3. The fraction of sp³-hybridized carbons (Fsp3) is 0.471. The Morgan fingerprint density at radius 3 is 2.92 bits per heavy atom. The van der Waals surface area contributed by atoms with E-state index in [-0.39, 0.29) is 11.5 Å². The van der Waals surface area contributed by atoms with Crippen molar-refractivity contribution in [1.29, 1.82) is 0 Å². The van der Waals surface area contributed by atoms with Crippen molar-refractivity contribution < 1.29 is 14.6 Å². The predicted molar refractivity (Wildman–Crippen MR) is 98.5 cm³/mol. The van der Waals surface area contributed by atoms with Crippen LogP contribution < -0.4 is 15.8 Å². The predicted octanol–water partition coefficient (Wildman–Crippen LogP) is 2.09. The zero-order chi connectivity index (χ0) is 17.7. The quantitative estimate of drug-likeness (QED) is 0.518. The minimum Gasteiger partial charge on any atom is -0.490 e. The van der Waals surface area contributed by atoms with Crippen molar-refractivity contribution in [3.05, 3.63) is 30.0 Å². The molecule has 2 atom stereocenters. The number of nitrogens with one attached hydrogen (secondary N) is 2. The highest BCUT2D eigenvalue weighted by atomic mass is 32.2. The van der Waals surface area contributed by atoms with Gasteiger partial charge < -0.3 is 25.9 Å². The third-order valence-corrected chi connectivity index (χ3v) is 5.49. The number of benzene rings is 1. The van der Waals surface area contributed by atoms with E-state index < -0.39 is 12.0 Å². The number of rotatable bonds is 9. The highest BCUT2D eigenvalue weighted by molar-refractivity contribution is 7.99. The third kappa shape index (κ3) is 4.43. The van der Waals surface area contributed by atoms with E-state index >= 15 is 0 Å². The highest BCUT2D eigenvalue weighted by Crippen LogP contribution is 2.26. The van der Waals surface area contributed by atoms with Gasteiger partial charge in [0.1, 0.15) is 24.2 Å². The molecule has 0 spiro atoms. The van der Waals surface area contributed by atoms with Gasteiger partial charge in [-0.2, -0.15) is 0 Å². The highest BCUT2D eigenvalue weighted by Gasteiger charge is 2.21. The minimum atomic E-state index is -0.632. The number of hydrogen-bond donors (Lipinski definition) is 4. The molecular weight excluding hydrogens is 326 g/mol. The van der Waals surface area contributed by atoms with Crippen LogP contribution in [0.4, 0.5) is 0 Å². The Bertz CT molecular complexity index is 697. The summed E-state index contributed by atoms with van der Waals surface area (Å²) in [5.74, 6) is 0.0933. The lowest BCUT2D eigenvalue weighted by Gasteiger charge is -2.28. The van der Waals surface area contributed by atoms with Gasteiger partial charge in [0.15, 0.2) is 0 Å². The van der Waals surface area contributed by atoms with Crippen LogP contribution in [0.1, 0.15) is 30.8 Å². The maximum Gasteiger partial charge on any atom is 0.265 e. The molecule has 0 saturated carbocycles. The molecule has 0 aliphatic rings. The zero-order valence-corrected chi connectivity index (χ0v) is 15.1. The van der Waals surface area contributed by atoms with Gasteiger partial charge in [-0.3, -0.25) is 4.79 Å². The Hall–Kier alpha value is -1.70. The van der Waals surface area contributed by atoms with Crippen molar-refractivity contribution in [3.8, 4) is 5.75 Å². The van der Waals surface area contributed by atoms with E-state index in [1.54, 1.807) is 23.9 Å². The maximum atomic E-state index is 11.3. The number of amides is 1. The molecule has 2 aromatic rings. The molecule has 7 heteroatoms. The van der Waals surface area contributed by atoms with Crippen LogP contribution >= 0.6 is 11.8 Å². The van der Waals surface area contributed by atoms with Crippen LogP contribution in [0.25, 0.3) is 10.9 Å². The lowest BCUT2D eigenvalue weighted by molar-refractivity contribution is 0.0996. The van der Waals surface area contributed by atoms with Crippen molar-refractivity contribution >= 4 is 28.6 Å². The van der Waals surface area contributed by atoms with Crippen molar-refractivity contribution in [2.45, 2.75) is 31.2 Å². The fourth-order valence-corrected chi connectivity index (χ4v) is 2.82. The van der Waals surface area contributed by atoms with Gasteiger partial charge in [-0.25, -0.2) is 0 Å². The first-order valence-electron chi connectivity index (χ1n) is 7.91. The van der Waals surface area contributed by atoms with E-state index in [0.29, 0.717) is 18.0 Å². The average Bonchev–Trinajstić information content (AvgIpc) is 3.03. The first-order valence-corrected chi connectivity index (χ1v) is 9.13. The number of primary amides is 1. The molecule has 0 bridgehead atoms. The minimum absolute atomic E-state index is 0.0575. The SMILES string of the molecule is CCC(C)(NCC(O)COc1cccc2[nH]c(C(N)=O)cc12)SC. The Kier molecular flexibility index (Phi) is 6.15. The zero-order valence-electron chi connectivity index (χ0n) is 14.3. The molecule has 2 rings (SSSR count). The molecule has 0 saturated heterocycles. The van der Waals surface area contributed by atoms with Crippen LogP contribution in [-0.4, -0.2) is 46.4 Å². The third-order valence-electron chi connectivity index (χ3n) is 4.16. The van der Waals surface area contributed by atoms with Crippen LogP contribution in [0, 0.1) is 0 Å². The lowest BCUT2D eigenvalue weighted by atomic mass is 10.2. The smallest absolute Gasteiger partial charge is 0.265 e. The fourth-order valence-electron chi connectivity index (χ4n) is 2.31. The molecule has 0 aliphatic carbocycles. The molecule has 132 valence electrons. The molecule has 1 amide bonds. The molecular formula is C17H25N3O3S. The normalized spacial score (nSPS) is 15.2. The molecule has 0 radical (unpaired) electrons. The van der Waals surface area contributed by atoms with Gasteiger partial charge in [-0.05, 0) is 37.8 Å². The van der Waals surface area contributed by atoms with E-state index in [1.807, 2.05) is 18.4 Å². The van der Waals surface area contributed by atoms with Gasteiger partial charge in [0, 0.05) is 17.4 Å². The number of carbonyl (C=O) groups excluding carboxylic acids is 1. The van der Waals surface area contributed by atoms with Crippen molar-refractivity contribution in [3.63, 3.8) is 0 Å². The molecule has 1 aromatic carbocycles. The molecule has 1 heterocycles. The molecule has 5 N–H and O–H groups in total. The number of nitrogens with two attached hydrogens (primary N) is 1. The molecule has 1 aromatic heterocycles. The number of H-pyrrole nitrogens is 1. The first-order chi connectivity index (χ1) is 11.4. The molecule has 0 aliphatic heterocycles. The van der Waals surface area contributed by atoms with Crippen LogP contribution in [0.3, 0.4) is 0 Å². The average molecular weight is 351 g/mol. The van der Waals surface area contributed by atoms with Crippen LogP contribution in [-0.2, 0) is 0 Å². The van der Waals surface area contributed by atoms with Crippen LogP contribution in [0.15, 0.2) is 24.3 Å². The van der Waals surface area contributed by atoms with Gasteiger partial charge in [0.2, 0.25) is 0 Å².